The van der Waals surface area contributed by atoms with Crippen LogP contribution in [-0.4, -0.2) is 63.8 Å². The van der Waals surface area contributed by atoms with Crippen molar-refractivity contribution in [1.29, 1.82) is 0 Å². The zero-order chi connectivity index (χ0) is 26.5. The van der Waals surface area contributed by atoms with Gasteiger partial charge in [-0.25, -0.2) is 9.59 Å². The number of carbonyl (C=O) groups is 2. The second kappa shape index (κ2) is 14.0. The van der Waals surface area contributed by atoms with Crippen LogP contribution in [0.15, 0.2) is 48.6 Å². The van der Waals surface area contributed by atoms with Crippen LogP contribution in [0.4, 0.5) is 0 Å². The summed E-state index contributed by atoms with van der Waals surface area (Å²) in [7, 11) is 5.89. The van der Waals surface area contributed by atoms with E-state index in [-0.39, 0.29) is 13.2 Å². The fraction of sp³-hybridized carbons (Fsp3) is 0.231. The van der Waals surface area contributed by atoms with Gasteiger partial charge >= 0.3 is 11.9 Å². The van der Waals surface area contributed by atoms with Crippen LogP contribution in [-0.2, 0) is 9.59 Å². The SMILES string of the molecule is COc1cc(/C=C/C(=O)O)cc(OC)c1OC/C=C/COc1c(OC)cc(/C=C/C(=O)O)cc1OC. The summed E-state index contributed by atoms with van der Waals surface area (Å²) in [6.07, 6.45) is 8.35. The van der Waals surface area contributed by atoms with Crippen molar-refractivity contribution in [3.05, 3.63) is 59.7 Å². The number of hydrogen-bond acceptors (Lipinski definition) is 8. The second-order valence-electron chi connectivity index (χ2n) is 6.95. The summed E-state index contributed by atoms with van der Waals surface area (Å²) in [5.74, 6) is 0.138. The smallest absolute Gasteiger partial charge is 0.328 e. The Kier molecular flexibility index (Phi) is 10.7. The first kappa shape index (κ1) is 27.6. The van der Waals surface area contributed by atoms with Crippen LogP contribution in [0.25, 0.3) is 12.2 Å². The van der Waals surface area contributed by atoms with Crippen LogP contribution in [0.3, 0.4) is 0 Å². The number of hydrogen-bond donors (Lipinski definition) is 2. The van der Waals surface area contributed by atoms with Gasteiger partial charge in [-0.3, -0.25) is 0 Å². The highest BCUT2D eigenvalue weighted by molar-refractivity contribution is 5.86. The topological polar surface area (TPSA) is 130 Å². The average molecular weight is 501 g/mol. The van der Waals surface area contributed by atoms with E-state index in [4.69, 9.17) is 38.6 Å². The van der Waals surface area contributed by atoms with Gasteiger partial charge in [-0.15, -0.1) is 0 Å². The normalized spacial score (nSPS) is 11.1. The van der Waals surface area contributed by atoms with Crippen LogP contribution < -0.4 is 28.4 Å². The Balaban J connectivity index is 2.07. The molecule has 0 fully saturated rings. The van der Waals surface area contributed by atoms with E-state index in [2.05, 4.69) is 0 Å². The molecule has 2 rings (SSSR count). The van der Waals surface area contributed by atoms with Gasteiger partial charge in [0.1, 0.15) is 13.2 Å². The third kappa shape index (κ3) is 8.01. The zero-order valence-corrected chi connectivity index (χ0v) is 20.3. The number of carboxylic acids is 2. The van der Waals surface area contributed by atoms with Crippen LogP contribution in [0, 0.1) is 0 Å². The molecule has 0 saturated carbocycles. The average Bonchev–Trinajstić information content (AvgIpc) is 2.87. The van der Waals surface area contributed by atoms with Gasteiger partial charge in [0.05, 0.1) is 28.4 Å². The monoisotopic (exact) mass is 500 g/mol. The molecule has 0 spiro atoms. The summed E-state index contributed by atoms with van der Waals surface area (Å²) in [5, 5.41) is 17.6. The standard InChI is InChI=1S/C26H28O10/c1-31-19-13-17(7-9-23(27)28)14-20(32-2)25(19)35-11-5-6-12-36-26-21(33-3)15-18(8-10-24(29)30)16-22(26)34-4/h5-10,13-16H,11-12H2,1-4H3,(H,27,28)(H,29,30)/b6-5+,9-7+,10-8+. The Bertz CT molecular complexity index is 1010. The minimum Gasteiger partial charge on any atom is -0.493 e. The number of aliphatic carboxylic acids is 2. The van der Waals surface area contributed by atoms with Crippen molar-refractivity contribution in [3.8, 4) is 34.5 Å². The number of rotatable bonds is 14. The van der Waals surface area contributed by atoms with Crippen molar-refractivity contribution in [2.75, 3.05) is 41.7 Å². The molecule has 10 nitrogen and oxygen atoms in total. The molecule has 0 saturated heterocycles. The van der Waals surface area contributed by atoms with Crippen molar-refractivity contribution in [2.24, 2.45) is 0 Å². The predicted octanol–water partition coefficient (Wildman–Crippen LogP) is 3.93. The number of ether oxygens (including phenoxy) is 6. The predicted molar refractivity (Wildman–Crippen MR) is 133 cm³/mol. The first-order valence-corrected chi connectivity index (χ1v) is 10.6. The molecule has 2 N–H and O–H groups in total. The highest BCUT2D eigenvalue weighted by Gasteiger charge is 2.14. The molecule has 0 radical (unpaired) electrons. The summed E-state index contributed by atoms with van der Waals surface area (Å²) in [6, 6.07) is 6.55. The summed E-state index contributed by atoms with van der Waals surface area (Å²) in [6.45, 7) is 0.348. The number of carboxylic acid groups (broad SMARTS) is 2. The zero-order valence-electron chi connectivity index (χ0n) is 20.3. The molecule has 0 aromatic heterocycles. The van der Waals surface area contributed by atoms with Gasteiger partial charge < -0.3 is 38.6 Å². The van der Waals surface area contributed by atoms with Crippen LogP contribution in [0.1, 0.15) is 11.1 Å². The van der Waals surface area contributed by atoms with Gasteiger partial charge in [-0.2, -0.15) is 0 Å². The molecule has 0 amide bonds. The molecule has 0 bridgehead atoms. The van der Waals surface area contributed by atoms with Crippen LogP contribution in [0.2, 0.25) is 0 Å². The number of methoxy groups -OCH3 is 4. The molecule has 2 aromatic carbocycles. The first-order valence-electron chi connectivity index (χ1n) is 10.6. The molecule has 0 aliphatic carbocycles. The lowest BCUT2D eigenvalue weighted by molar-refractivity contribution is -0.132. The fourth-order valence-corrected chi connectivity index (χ4v) is 3.01. The van der Waals surface area contributed by atoms with E-state index in [0.717, 1.165) is 12.2 Å². The Morgan fingerprint density at radius 3 is 1.19 bits per heavy atom. The van der Waals surface area contributed by atoms with Gasteiger partial charge in [0.2, 0.25) is 11.5 Å². The Hall–Kier alpha value is -4.60. The van der Waals surface area contributed by atoms with Crippen molar-refractivity contribution in [3.63, 3.8) is 0 Å². The third-order valence-corrected chi connectivity index (χ3v) is 4.62. The van der Waals surface area contributed by atoms with E-state index in [0.29, 0.717) is 45.6 Å². The highest BCUT2D eigenvalue weighted by atomic mass is 16.5. The van der Waals surface area contributed by atoms with E-state index in [9.17, 15) is 9.59 Å². The first-order chi connectivity index (χ1) is 17.3. The largest absolute Gasteiger partial charge is 0.493 e. The summed E-state index contributed by atoms with van der Waals surface area (Å²) in [4.78, 5) is 21.5. The van der Waals surface area contributed by atoms with Gasteiger partial charge in [0.15, 0.2) is 23.0 Å². The summed E-state index contributed by atoms with van der Waals surface area (Å²) in [5.41, 5.74) is 1.16. The van der Waals surface area contributed by atoms with Gasteiger partial charge in [-0.1, -0.05) is 0 Å². The van der Waals surface area contributed by atoms with Gasteiger partial charge in [0.25, 0.3) is 0 Å². The molecular formula is C26H28O10. The minimum absolute atomic E-state index is 0.174. The molecule has 36 heavy (non-hydrogen) atoms. The highest BCUT2D eigenvalue weighted by Crippen LogP contribution is 2.40. The maximum atomic E-state index is 10.8. The molecular weight excluding hydrogens is 472 g/mol. The van der Waals surface area contributed by atoms with Crippen molar-refractivity contribution >= 4 is 24.1 Å². The van der Waals surface area contributed by atoms with Crippen molar-refractivity contribution in [1.82, 2.24) is 0 Å². The van der Waals surface area contributed by atoms with Crippen molar-refractivity contribution in [2.45, 2.75) is 0 Å². The maximum absolute atomic E-state index is 10.8. The van der Waals surface area contributed by atoms with Crippen LogP contribution >= 0.6 is 0 Å². The third-order valence-electron chi connectivity index (χ3n) is 4.62. The van der Waals surface area contributed by atoms with Crippen LogP contribution in [0.5, 0.6) is 34.5 Å². The lowest BCUT2D eigenvalue weighted by Gasteiger charge is -2.15. The van der Waals surface area contributed by atoms with E-state index in [1.807, 2.05) is 0 Å². The molecule has 10 heteroatoms. The second-order valence-corrected chi connectivity index (χ2v) is 6.95. The quantitative estimate of drug-likeness (QED) is 0.291. The van der Waals surface area contributed by atoms with E-state index >= 15 is 0 Å². The van der Waals surface area contributed by atoms with E-state index in [1.165, 1.54) is 40.6 Å². The molecule has 0 aliphatic heterocycles. The molecule has 0 aliphatic rings. The Morgan fingerprint density at radius 2 is 0.944 bits per heavy atom. The number of benzene rings is 2. The Labute approximate surface area is 208 Å². The lowest BCUT2D eigenvalue weighted by Crippen LogP contribution is -2.02. The summed E-state index contributed by atoms with van der Waals surface area (Å²) < 4.78 is 33.0. The summed E-state index contributed by atoms with van der Waals surface area (Å²) >= 11 is 0. The molecule has 2 aromatic rings. The lowest BCUT2D eigenvalue weighted by atomic mass is 10.1. The molecule has 0 unspecified atom stereocenters. The van der Waals surface area contributed by atoms with Gasteiger partial charge in [0, 0.05) is 12.2 Å². The minimum atomic E-state index is -1.07. The van der Waals surface area contributed by atoms with E-state index in [1.54, 1.807) is 36.4 Å². The van der Waals surface area contributed by atoms with Crippen molar-refractivity contribution < 1.29 is 48.2 Å². The maximum Gasteiger partial charge on any atom is 0.328 e. The van der Waals surface area contributed by atoms with Gasteiger partial charge in [-0.05, 0) is 59.7 Å². The van der Waals surface area contributed by atoms with E-state index < -0.39 is 11.9 Å². The fourth-order valence-electron chi connectivity index (χ4n) is 3.01. The molecule has 0 atom stereocenters. The molecule has 192 valence electrons. The Morgan fingerprint density at radius 1 is 0.639 bits per heavy atom. The molecule has 0 heterocycles.